The van der Waals surface area contributed by atoms with Crippen molar-refractivity contribution >= 4 is 5.91 Å². The standard InChI is InChI=1S/C18H24N6O/c25-17(11-14-5-1-2-6-14)23-10-4-8-16(23)13-24-21-18(20-22-24)15-7-3-9-19-12-15/h3,7,9,12,14,16H,1-2,4-6,8,10-11,13H2/t16-/m0/s1. The van der Waals surface area contributed by atoms with Crippen LogP contribution in [0, 0.1) is 5.92 Å². The number of amides is 1. The van der Waals surface area contributed by atoms with E-state index in [2.05, 4.69) is 20.4 Å². The highest BCUT2D eigenvalue weighted by molar-refractivity contribution is 5.77. The first-order chi connectivity index (χ1) is 12.3. The maximum absolute atomic E-state index is 12.7. The highest BCUT2D eigenvalue weighted by Gasteiger charge is 2.31. The third kappa shape index (κ3) is 3.70. The van der Waals surface area contributed by atoms with Gasteiger partial charge in [0.1, 0.15) is 0 Å². The molecule has 1 aliphatic heterocycles. The fourth-order valence-corrected chi connectivity index (χ4v) is 4.05. The van der Waals surface area contributed by atoms with Gasteiger partial charge in [-0.1, -0.05) is 12.8 Å². The third-order valence-electron chi connectivity index (χ3n) is 5.38. The Hall–Kier alpha value is -2.31. The molecule has 1 aliphatic carbocycles. The van der Waals surface area contributed by atoms with Crippen molar-refractivity contribution < 1.29 is 4.79 Å². The molecule has 0 bridgehead atoms. The normalized spacial score (nSPS) is 21.1. The second-order valence-electron chi connectivity index (χ2n) is 7.15. The maximum atomic E-state index is 12.7. The van der Waals surface area contributed by atoms with E-state index in [-0.39, 0.29) is 6.04 Å². The van der Waals surface area contributed by atoms with Crippen molar-refractivity contribution in [3.05, 3.63) is 24.5 Å². The predicted molar refractivity (Wildman–Crippen MR) is 92.4 cm³/mol. The number of aromatic nitrogens is 5. The number of carbonyl (C=O) groups excluding carboxylic acids is 1. The van der Waals surface area contributed by atoms with Crippen LogP contribution in [0.25, 0.3) is 11.4 Å². The maximum Gasteiger partial charge on any atom is 0.223 e. The fraction of sp³-hybridized carbons (Fsp3) is 0.611. The van der Waals surface area contributed by atoms with Crippen LogP contribution in [-0.4, -0.2) is 48.6 Å². The quantitative estimate of drug-likeness (QED) is 0.835. The average molecular weight is 340 g/mol. The molecule has 2 aliphatic rings. The van der Waals surface area contributed by atoms with E-state index >= 15 is 0 Å². The number of carbonyl (C=O) groups is 1. The molecule has 0 spiro atoms. The molecule has 0 unspecified atom stereocenters. The zero-order valence-corrected chi connectivity index (χ0v) is 14.4. The molecule has 2 aromatic rings. The highest BCUT2D eigenvalue weighted by Crippen LogP contribution is 2.29. The first kappa shape index (κ1) is 16.2. The zero-order chi connectivity index (χ0) is 17.1. The molecule has 1 saturated heterocycles. The molecule has 7 nitrogen and oxygen atoms in total. The molecular weight excluding hydrogens is 316 g/mol. The summed E-state index contributed by atoms with van der Waals surface area (Å²) < 4.78 is 0. The Morgan fingerprint density at radius 3 is 2.88 bits per heavy atom. The van der Waals surface area contributed by atoms with Gasteiger partial charge in [0.15, 0.2) is 0 Å². The largest absolute Gasteiger partial charge is 0.338 e. The van der Waals surface area contributed by atoms with Crippen molar-refractivity contribution in [2.45, 2.75) is 57.5 Å². The lowest BCUT2D eigenvalue weighted by molar-refractivity contribution is -0.133. The fourth-order valence-electron chi connectivity index (χ4n) is 4.05. The number of nitrogens with zero attached hydrogens (tertiary/aromatic N) is 6. The summed E-state index contributed by atoms with van der Waals surface area (Å²) in [4.78, 5) is 20.4. The van der Waals surface area contributed by atoms with Gasteiger partial charge in [0, 0.05) is 30.9 Å². The van der Waals surface area contributed by atoms with Gasteiger partial charge in [-0.2, -0.15) is 4.80 Å². The lowest BCUT2D eigenvalue weighted by atomic mass is 10.0. The molecule has 2 fully saturated rings. The van der Waals surface area contributed by atoms with Crippen molar-refractivity contribution in [1.82, 2.24) is 30.1 Å². The van der Waals surface area contributed by atoms with Crippen LogP contribution in [0.4, 0.5) is 0 Å². The van der Waals surface area contributed by atoms with Gasteiger partial charge in [-0.15, -0.1) is 10.2 Å². The van der Waals surface area contributed by atoms with E-state index in [1.165, 1.54) is 25.7 Å². The molecule has 132 valence electrons. The molecule has 1 amide bonds. The summed E-state index contributed by atoms with van der Waals surface area (Å²) in [5, 5.41) is 12.7. The minimum Gasteiger partial charge on any atom is -0.338 e. The van der Waals surface area contributed by atoms with Crippen LogP contribution in [0.5, 0.6) is 0 Å². The average Bonchev–Trinajstić information content (AvgIpc) is 3.38. The first-order valence-electron chi connectivity index (χ1n) is 9.27. The monoisotopic (exact) mass is 340 g/mol. The number of hydrogen-bond acceptors (Lipinski definition) is 5. The van der Waals surface area contributed by atoms with Gasteiger partial charge < -0.3 is 4.90 Å². The number of tetrazole rings is 1. The summed E-state index contributed by atoms with van der Waals surface area (Å²) in [6.07, 6.45) is 11.2. The minimum atomic E-state index is 0.185. The summed E-state index contributed by atoms with van der Waals surface area (Å²) in [7, 11) is 0. The Kier molecular flexibility index (Phi) is 4.72. The van der Waals surface area contributed by atoms with Gasteiger partial charge in [0.2, 0.25) is 11.7 Å². The van der Waals surface area contributed by atoms with Crippen LogP contribution >= 0.6 is 0 Å². The van der Waals surface area contributed by atoms with E-state index in [1.54, 1.807) is 17.2 Å². The Balaban J connectivity index is 1.39. The van der Waals surface area contributed by atoms with Gasteiger partial charge >= 0.3 is 0 Å². The molecule has 7 heteroatoms. The molecule has 25 heavy (non-hydrogen) atoms. The molecular formula is C18H24N6O. The van der Waals surface area contributed by atoms with Crippen molar-refractivity contribution in [2.75, 3.05) is 6.54 Å². The number of rotatable bonds is 5. The molecule has 0 radical (unpaired) electrons. The molecule has 2 aromatic heterocycles. The van der Waals surface area contributed by atoms with E-state index in [0.29, 0.717) is 30.6 Å². The topological polar surface area (TPSA) is 76.8 Å². The Morgan fingerprint density at radius 1 is 1.20 bits per heavy atom. The van der Waals surface area contributed by atoms with Gasteiger partial charge in [-0.05, 0) is 48.9 Å². The van der Waals surface area contributed by atoms with Gasteiger partial charge in [0.25, 0.3) is 0 Å². The number of likely N-dealkylation sites (tertiary alicyclic amines) is 1. The number of hydrogen-bond donors (Lipinski definition) is 0. The molecule has 0 aromatic carbocycles. The second kappa shape index (κ2) is 7.29. The van der Waals surface area contributed by atoms with Gasteiger partial charge in [0.05, 0.1) is 12.6 Å². The van der Waals surface area contributed by atoms with E-state index in [0.717, 1.165) is 24.9 Å². The number of pyridine rings is 1. The molecule has 0 N–H and O–H groups in total. The summed E-state index contributed by atoms with van der Waals surface area (Å²) in [5.74, 6) is 1.48. The first-order valence-corrected chi connectivity index (χ1v) is 9.27. The van der Waals surface area contributed by atoms with Crippen molar-refractivity contribution in [1.29, 1.82) is 0 Å². The second-order valence-corrected chi connectivity index (χ2v) is 7.15. The van der Waals surface area contributed by atoms with Crippen molar-refractivity contribution in [3.8, 4) is 11.4 Å². The molecule has 3 heterocycles. The van der Waals surface area contributed by atoms with Crippen LogP contribution in [0.3, 0.4) is 0 Å². The summed E-state index contributed by atoms with van der Waals surface area (Å²) in [5.41, 5.74) is 0.856. The zero-order valence-electron chi connectivity index (χ0n) is 14.4. The van der Waals surface area contributed by atoms with Crippen LogP contribution in [0.2, 0.25) is 0 Å². The molecule has 1 saturated carbocycles. The lowest BCUT2D eigenvalue weighted by Gasteiger charge is -2.25. The van der Waals surface area contributed by atoms with E-state index in [1.807, 2.05) is 17.0 Å². The Morgan fingerprint density at radius 2 is 2.08 bits per heavy atom. The van der Waals surface area contributed by atoms with Gasteiger partial charge in [-0.3, -0.25) is 9.78 Å². The van der Waals surface area contributed by atoms with E-state index < -0.39 is 0 Å². The van der Waals surface area contributed by atoms with Gasteiger partial charge in [-0.25, -0.2) is 0 Å². The van der Waals surface area contributed by atoms with Crippen LogP contribution in [0.15, 0.2) is 24.5 Å². The van der Waals surface area contributed by atoms with Crippen molar-refractivity contribution in [3.63, 3.8) is 0 Å². The SMILES string of the molecule is O=C(CC1CCCC1)N1CCC[C@H]1Cn1nnc(-c2cccnc2)n1. The van der Waals surface area contributed by atoms with Crippen LogP contribution in [0.1, 0.15) is 44.9 Å². The summed E-state index contributed by atoms with van der Waals surface area (Å²) in [6, 6.07) is 3.96. The summed E-state index contributed by atoms with van der Waals surface area (Å²) >= 11 is 0. The Labute approximate surface area is 147 Å². The minimum absolute atomic E-state index is 0.185. The molecule has 1 atom stereocenters. The highest BCUT2D eigenvalue weighted by atomic mass is 16.2. The predicted octanol–water partition coefficient (Wildman–Crippen LogP) is 2.31. The van der Waals surface area contributed by atoms with Crippen LogP contribution in [-0.2, 0) is 11.3 Å². The van der Waals surface area contributed by atoms with Crippen LogP contribution < -0.4 is 0 Å². The van der Waals surface area contributed by atoms with E-state index in [9.17, 15) is 4.79 Å². The third-order valence-corrected chi connectivity index (χ3v) is 5.38. The van der Waals surface area contributed by atoms with E-state index in [4.69, 9.17) is 0 Å². The smallest absolute Gasteiger partial charge is 0.223 e. The Bertz CT molecular complexity index is 709. The summed E-state index contributed by atoms with van der Waals surface area (Å²) in [6.45, 7) is 1.48. The van der Waals surface area contributed by atoms with Crippen molar-refractivity contribution in [2.24, 2.45) is 5.92 Å². The lowest BCUT2D eigenvalue weighted by Crippen LogP contribution is -2.39. The molecule has 4 rings (SSSR count).